The summed E-state index contributed by atoms with van der Waals surface area (Å²) in [6.07, 6.45) is 5.56. The number of amides is 1. The second-order valence-electron chi connectivity index (χ2n) is 7.66. The summed E-state index contributed by atoms with van der Waals surface area (Å²) in [6, 6.07) is 16.0. The summed E-state index contributed by atoms with van der Waals surface area (Å²) in [5.41, 5.74) is 3.79. The number of sulfonamides is 1. The topological polar surface area (TPSA) is 80.5 Å². The molecule has 0 fully saturated rings. The van der Waals surface area contributed by atoms with Crippen LogP contribution in [0.5, 0.6) is 0 Å². The maximum atomic E-state index is 12.9. The standard InChI is InChI=1S/C25H20ClN3O3S2/c1-4-13-29-22-15-16(2)14-17(3)23(22)33-25(29)27-24(30)18-5-9-20(10-6-18)28-34(31,32)21-11-7-19(26)8-12-21/h1,5-12,14-15,28H,13H2,2-3H3. The highest BCUT2D eigenvalue weighted by Crippen LogP contribution is 2.24. The largest absolute Gasteiger partial charge is 0.305 e. The van der Waals surface area contributed by atoms with Crippen LogP contribution in [0.3, 0.4) is 0 Å². The van der Waals surface area contributed by atoms with Crippen molar-refractivity contribution in [1.82, 2.24) is 4.57 Å². The van der Waals surface area contributed by atoms with E-state index in [1.165, 1.54) is 59.9 Å². The van der Waals surface area contributed by atoms with Crippen molar-refractivity contribution in [2.75, 3.05) is 4.72 Å². The third kappa shape index (κ3) is 4.92. The molecule has 0 aliphatic carbocycles. The monoisotopic (exact) mass is 509 g/mol. The Morgan fingerprint density at radius 3 is 2.44 bits per heavy atom. The van der Waals surface area contributed by atoms with Gasteiger partial charge in [0.05, 0.1) is 21.7 Å². The summed E-state index contributed by atoms with van der Waals surface area (Å²) in [5.74, 6) is 2.18. The van der Waals surface area contributed by atoms with Crippen LogP contribution in [0.25, 0.3) is 10.2 Å². The number of hydrogen-bond donors (Lipinski definition) is 1. The van der Waals surface area contributed by atoms with Gasteiger partial charge >= 0.3 is 0 Å². The lowest BCUT2D eigenvalue weighted by Crippen LogP contribution is -2.16. The summed E-state index contributed by atoms with van der Waals surface area (Å²) in [5, 5.41) is 0.443. The Kier molecular flexibility index (Phi) is 6.62. The van der Waals surface area contributed by atoms with Crippen molar-refractivity contribution >= 4 is 54.8 Å². The summed E-state index contributed by atoms with van der Waals surface area (Å²) < 4.78 is 30.5. The average Bonchev–Trinajstić information content (AvgIpc) is 3.12. The summed E-state index contributed by atoms with van der Waals surface area (Å²) in [6.45, 7) is 4.32. The number of anilines is 1. The van der Waals surface area contributed by atoms with E-state index in [0.29, 0.717) is 27.6 Å². The molecule has 0 saturated carbocycles. The van der Waals surface area contributed by atoms with Crippen LogP contribution in [0.15, 0.2) is 70.6 Å². The van der Waals surface area contributed by atoms with Crippen LogP contribution in [-0.4, -0.2) is 18.9 Å². The molecule has 0 spiro atoms. The predicted molar refractivity (Wildman–Crippen MR) is 137 cm³/mol. The van der Waals surface area contributed by atoms with E-state index in [1.807, 2.05) is 24.5 Å². The first kappa shape index (κ1) is 23.8. The molecular formula is C25H20ClN3O3S2. The van der Waals surface area contributed by atoms with Gasteiger partial charge in [-0.3, -0.25) is 9.52 Å². The van der Waals surface area contributed by atoms with Gasteiger partial charge in [0.1, 0.15) is 0 Å². The minimum Gasteiger partial charge on any atom is -0.305 e. The zero-order valence-electron chi connectivity index (χ0n) is 18.4. The van der Waals surface area contributed by atoms with E-state index in [4.69, 9.17) is 18.0 Å². The maximum Gasteiger partial charge on any atom is 0.279 e. The fourth-order valence-electron chi connectivity index (χ4n) is 3.50. The molecule has 9 heteroatoms. The number of hydrogen-bond acceptors (Lipinski definition) is 4. The Morgan fingerprint density at radius 1 is 1.12 bits per heavy atom. The van der Waals surface area contributed by atoms with Crippen LogP contribution in [0.2, 0.25) is 5.02 Å². The molecule has 34 heavy (non-hydrogen) atoms. The van der Waals surface area contributed by atoms with Gasteiger partial charge in [-0.05, 0) is 79.6 Å². The number of nitrogens with zero attached hydrogens (tertiary/aromatic N) is 2. The van der Waals surface area contributed by atoms with Crippen molar-refractivity contribution in [2.24, 2.45) is 4.99 Å². The lowest BCUT2D eigenvalue weighted by atomic mass is 10.1. The molecule has 0 unspecified atom stereocenters. The molecule has 0 bridgehead atoms. The van der Waals surface area contributed by atoms with Gasteiger partial charge in [-0.25, -0.2) is 8.42 Å². The average molecular weight is 510 g/mol. The zero-order valence-corrected chi connectivity index (χ0v) is 20.8. The molecular weight excluding hydrogens is 490 g/mol. The molecule has 1 heterocycles. The quantitative estimate of drug-likeness (QED) is 0.378. The lowest BCUT2D eigenvalue weighted by molar-refractivity contribution is 0.0998. The lowest BCUT2D eigenvalue weighted by Gasteiger charge is -2.08. The highest BCUT2D eigenvalue weighted by atomic mass is 35.5. The van der Waals surface area contributed by atoms with Crippen LogP contribution in [0.1, 0.15) is 21.5 Å². The van der Waals surface area contributed by atoms with Crippen LogP contribution in [-0.2, 0) is 16.6 Å². The SMILES string of the molecule is C#CCn1c(=NC(=O)c2ccc(NS(=O)(=O)c3ccc(Cl)cc3)cc2)sc2c(C)cc(C)cc21. The van der Waals surface area contributed by atoms with Gasteiger partial charge in [0.2, 0.25) is 0 Å². The van der Waals surface area contributed by atoms with Crippen LogP contribution in [0.4, 0.5) is 5.69 Å². The van der Waals surface area contributed by atoms with Gasteiger partial charge in [-0.2, -0.15) is 4.99 Å². The predicted octanol–water partition coefficient (Wildman–Crippen LogP) is 5.15. The highest BCUT2D eigenvalue weighted by molar-refractivity contribution is 7.92. The minimum absolute atomic E-state index is 0.0837. The Bertz CT molecular complexity index is 1610. The number of terminal acetylenes is 1. The molecule has 1 amide bonds. The Balaban J connectivity index is 1.63. The van der Waals surface area contributed by atoms with Crippen LogP contribution < -0.4 is 9.52 Å². The molecule has 172 valence electrons. The number of nitrogens with one attached hydrogen (secondary N) is 1. The van der Waals surface area contributed by atoms with E-state index in [1.54, 1.807) is 0 Å². The third-order valence-electron chi connectivity index (χ3n) is 5.07. The first-order chi connectivity index (χ1) is 16.2. The molecule has 0 radical (unpaired) electrons. The van der Waals surface area contributed by atoms with Crippen molar-refractivity contribution in [3.63, 3.8) is 0 Å². The van der Waals surface area contributed by atoms with E-state index in [0.717, 1.165) is 21.3 Å². The minimum atomic E-state index is -3.78. The molecule has 4 aromatic rings. The van der Waals surface area contributed by atoms with Gasteiger partial charge in [0.25, 0.3) is 15.9 Å². The summed E-state index contributed by atoms with van der Waals surface area (Å²) in [4.78, 5) is 17.8. The van der Waals surface area contributed by atoms with E-state index >= 15 is 0 Å². The number of carbonyl (C=O) groups excluding carboxylic acids is 1. The van der Waals surface area contributed by atoms with Gasteiger partial charge in [-0.15, -0.1) is 6.42 Å². The van der Waals surface area contributed by atoms with E-state index in [-0.39, 0.29) is 4.90 Å². The molecule has 1 N–H and O–H groups in total. The van der Waals surface area contributed by atoms with Crippen molar-refractivity contribution < 1.29 is 13.2 Å². The van der Waals surface area contributed by atoms with Gasteiger partial charge in [0, 0.05) is 16.3 Å². The van der Waals surface area contributed by atoms with Crippen molar-refractivity contribution in [3.05, 3.63) is 87.2 Å². The Hall–Kier alpha value is -3.38. The van der Waals surface area contributed by atoms with Gasteiger partial charge < -0.3 is 4.57 Å². The molecule has 0 aliphatic rings. The number of aryl methyl sites for hydroxylation is 2. The highest BCUT2D eigenvalue weighted by Gasteiger charge is 2.15. The van der Waals surface area contributed by atoms with E-state index < -0.39 is 15.9 Å². The van der Waals surface area contributed by atoms with Gasteiger partial charge in [0.15, 0.2) is 4.80 Å². The maximum absolute atomic E-state index is 12.9. The number of fused-ring (bicyclic) bond motifs is 1. The van der Waals surface area contributed by atoms with Gasteiger partial charge in [-0.1, -0.05) is 34.9 Å². The fourth-order valence-corrected chi connectivity index (χ4v) is 5.76. The Morgan fingerprint density at radius 2 is 1.79 bits per heavy atom. The second kappa shape index (κ2) is 9.47. The zero-order chi connectivity index (χ0) is 24.5. The number of aromatic nitrogens is 1. The molecule has 0 atom stereocenters. The number of thiazole rings is 1. The van der Waals surface area contributed by atoms with Crippen molar-refractivity contribution in [2.45, 2.75) is 25.3 Å². The molecule has 6 nitrogen and oxygen atoms in total. The normalized spacial score (nSPS) is 12.0. The summed E-state index contributed by atoms with van der Waals surface area (Å²) >= 11 is 7.24. The van der Waals surface area contributed by atoms with E-state index in [9.17, 15) is 13.2 Å². The molecule has 3 aromatic carbocycles. The molecule has 1 aromatic heterocycles. The smallest absolute Gasteiger partial charge is 0.279 e. The van der Waals surface area contributed by atoms with Crippen molar-refractivity contribution in [1.29, 1.82) is 0 Å². The molecule has 0 saturated heterocycles. The molecule has 4 rings (SSSR count). The van der Waals surface area contributed by atoms with Crippen molar-refractivity contribution in [3.8, 4) is 12.3 Å². The summed E-state index contributed by atoms with van der Waals surface area (Å²) in [7, 11) is -3.78. The number of carbonyl (C=O) groups is 1. The Labute approximate surface area is 206 Å². The first-order valence-electron chi connectivity index (χ1n) is 10.2. The number of halogens is 1. The second-order valence-corrected chi connectivity index (χ2v) is 10.8. The van der Waals surface area contributed by atoms with E-state index in [2.05, 4.69) is 21.7 Å². The van der Waals surface area contributed by atoms with Crippen LogP contribution >= 0.6 is 22.9 Å². The number of rotatable bonds is 5. The molecule has 0 aliphatic heterocycles. The first-order valence-corrected chi connectivity index (χ1v) is 12.9. The van der Waals surface area contributed by atoms with Crippen LogP contribution in [0, 0.1) is 26.2 Å². The number of benzene rings is 3. The third-order valence-corrected chi connectivity index (χ3v) is 7.95. The fraction of sp³-hybridized carbons (Fsp3) is 0.120.